The Morgan fingerprint density at radius 3 is 2.38 bits per heavy atom. The normalized spacial score (nSPS) is 11.6. The Bertz CT molecular complexity index is 326. The molecule has 0 saturated carbocycles. The van der Waals surface area contributed by atoms with Crippen LogP contribution in [0.1, 0.15) is 26.3 Å². The van der Waals surface area contributed by atoms with Gasteiger partial charge in [0.05, 0.1) is 0 Å². The second-order valence-electron chi connectivity index (χ2n) is 5.58. The number of anilines is 1. The van der Waals surface area contributed by atoms with Gasteiger partial charge in [0, 0.05) is 25.8 Å². The predicted octanol–water partition coefficient (Wildman–Crippen LogP) is 2.89. The number of hydrogen-bond acceptors (Lipinski definition) is 2. The van der Waals surface area contributed by atoms with E-state index in [1.54, 1.807) is 0 Å². The maximum Gasteiger partial charge on any atom is 0.0409 e. The van der Waals surface area contributed by atoms with E-state index in [9.17, 15) is 0 Å². The molecule has 0 aromatic heterocycles. The minimum atomic E-state index is 0.321. The second kappa shape index (κ2) is 5.35. The number of nitrogens with one attached hydrogen (secondary N) is 1. The lowest BCUT2D eigenvalue weighted by Crippen LogP contribution is -2.30. The van der Waals surface area contributed by atoms with Gasteiger partial charge in [0.2, 0.25) is 0 Å². The first-order valence-corrected chi connectivity index (χ1v) is 5.88. The first-order chi connectivity index (χ1) is 7.44. The molecular weight excluding hydrogens is 196 g/mol. The molecule has 1 aromatic rings. The van der Waals surface area contributed by atoms with Gasteiger partial charge in [0.1, 0.15) is 0 Å². The van der Waals surface area contributed by atoms with Crippen LogP contribution in [-0.2, 0) is 6.54 Å². The van der Waals surface area contributed by atoms with Crippen molar-refractivity contribution in [2.75, 3.05) is 25.5 Å². The van der Waals surface area contributed by atoms with Gasteiger partial charge >= 0.3 is 0 Å². The fourth-order valence-electron chi connectivity index (χ4n) is 2.02. The lowest BCUT2D eigenvalue weighted by molar-refractivity contribution is 0.418. The largest absolute Gasteiger partial charge is 0.374 e. The molecule has 0 unspecified atom stereocenters. The van der Waals surface area contributed by atoms with Crippen LogP contribution < -0.4 is 10.2 Å². The van der Waals surface area contributed by atoms with Gasteiger partial charge in [-0.3, -0.25) is 0 Å². The van der Waals surface area contributed by atoms with Crippen molar-refractivity contribution in [1.82, 2.24) is 5.32 Å². The van der Waals surface area contributed by atoms with Gasteiger partial charge in [0.25, 0.3) is 0 Å². The summed E-state index contributed by atoms with van der Waals surface area (Å²) in [4.78, 5) is 2.34. The van der Waals surface area contributed by atoms with Crippen molar-refractivity contribution >= 4 is 5.69 Å². The Hall–Kier alpha value is -1.02. The molecule has 0 aliphatic heterocycles. The minimum Gasteiger partial charge on any atom is -0.374 e. The number of para-hydroxylation sites is 1. The van der Waals surface area contributed by atoms with E-state index in [0.29, 0.717) is 5.41 Å². The summed E-state index contributed by atoms with van der Waals surface area (Å²) in [6.07, 6.45) is 0. The molecule has 0 atom stereocenters. The molecule has 0 radical (unpaired) electrons. The van der Waals surface area contributed by atoms with Gasteiger partial charge in [-0.05, 0) is 24.1 Å². The molecule has 0 saturated heterocycles. The van der Waals surface area contributed by atoms with E-state index in [4.69, 9.17) is 0 Å². The zero-order chi connectivity index (χ0) is 12.2. The fourth-order valence-corrected chi connectivity index (χ4v) is 2.02. The molecule has 0 aliphatic rings. The van der Waals surface area contributed by atoms with Crippen molar-refractivity contribution in [3.8, 4) is 0 Å². The summed E-state index contributed by atoms with van der Waals surface area (Å²) in [6.45, 7) is 8.79. The average Bonchev–Trinajstić information content (AvgIpc) is 2.16. The summed E-state index contributed by atoms with van der Waals surface area (Å²) >= 11 is 0. The van der Waals surface area contributed by atoms with Crippen LogP contribution >= 0.6 is 0 Å². The number of benzene rings is 1. The molecule has 0 aliphatic carbocycles. The van der Waals surface area contributed by atoms with E-state index in [1.807, 2.05) is 7.05 Å². The first-order valence-electron chi connectivity index (χ1n) is 5.88. The van der Waals surface area contributed by atoms with Gasteiger partial charge in [-0.15, -0.1) is 0 Å². The van der Waals surface area contributed by atoms with Crippen LogP contribution in [0.25, 0.3) is 0 Å². The van der Waals surface area contributed by atoms with Crippen molar-refractivity contribution in [2.45, 2.75) is 27.3 Å². The highest BCUT2D eigenvalue weighted by Gasteiger charge is 2.15. The summed E-state index contributed by atoms with van der Waals surface area (Å²) < 4.78 is 0. The van der Waals surface area contributed by atoms with Gasteiger partial charge in [-0.2, -0.15) is 0 Å². The highest BCUT2D eigenvalue weighted by molar-refractivity contribution is 5.53. The topological polar surface area (TPSA) is 15.3 Å². The Kier molecular flexibility index (Phi) is 4.36. The standard InChI is InChI=1S/C14H24N2/c1-14(2,3)11-16(5)13-9-7-6-8-12(13)10-15-4/h6-9,15H,10-11H2,1-5H3. The van der Waals surface area contributed by atoms with Crippen LogP contribution in [0, 0.1) is 5.41 Å². The molecule has 0 fully saturated rings. The van der Waals surface area contributed by atoms with Gasteiger partial charge < -0.3 is 10.2 Å². The number of rotatable bonds is 4. The molecule has 1 N–H and O–H groups in total. The van der Waals surface area contributed by atoms with Crippen LogP contribution in [0.4, 0.5) is 5.69 Å². The molecule has 0 amide bonds. The SMILES string of the molecule is CNCc1ccccc1N(C)CC(C)(C)C. The summed E-state index contributed by atoms with van der Waals surface area (Å²) in [6, 6.07) is 8.58. The lowest BCUT2D eigenvalue weighted by atomic mass is 9.95. The smallest absolute Gasteiger partial charge is 0.0409 e. The molecule has 90 valence electrons. The van der Waals surface area contributed by atoms with E-state index >= 15 is 0 Å². The van der Waals surface area contributed by atoms with Crippen molar-refractivity contribution in [3.63, 3.8) is 0 Å². The molecule has 2 heteroatoms. The van der Waals surface area contributed by atoms with E-state index in [-0.39, 0.29) is 0 Å². The average molecular weight is 220 g/mol. The zero-order valence-electron chi connectivity index (χ0n) is 11.2. The van der Waals surface area contributed by atoms with E-state index in [2.05, 4.69) is 62.3 Å². The molecular formula is C14H24N2. The van der Waals surface area contributed by atoms with E-state index in [0.717, 1.165) is 13.1 Å². The Balaban J connectivity index is 2.85. The third kappa shape index (κ3) is 3.86. The third-order valence-corrected chi connectivity index (χ3v) is 2.48. The van der Waals surface area contributed by atoms with Crippen molar-refractivity contribution in [3.05, 3.63) is 29.8 Å². The summed E-state index contributed by atoms with van der Waals surface area (Å²) in [5.74, 6) is 0. The van der Waals surface area contributed by atoms with Crippen LogP contribution in [0.3, 0.4) is 0 Å². The van der Waals surface area contributed by atoms with Gasteiger partial charge in [-0.1, -0.05) is 39.0 Å². The molecule has 16 heavy (non-hydrogen) atoms. The molecule has 1 aromatic carbocycles. The molecule has 0 heterocycles. The summed E-state index contributed by atoms with van der Waals surface area (Å²) in [7, 11) is 4.15. The lowest BCUT2D eigenvalue weighted by Gasteiger charge is -2.29. The predicted molar refractivity (Wildman–Crippen MR) is 71.9 cm³/mol. The van der Waals surface area contributed by atoms with Gasteiger partial charge in [-0.25, -0.2) is 0 Å². The number of hydrogen-bond donors (Lipinski definition) is 1. The maximum absolute atomic E-state index is 3.22. The Morgan fingerprint density at radius 2 is 1.81 bits per heavy atom. The van der Waals surface area contributed by atoms with Crippen LogP contribution in [0.5, 0.6) is 0 Å². The Labute approximate surface area is 99.7 Å². The zero-order valence-corrected chi connectivity index (χ0v) is 11.2. The molecule has 2 nitrogen and oxygen atoms in total. The number of nitrogens with zero attached hydrogens (tertiary/aromatic N) is 1. The second-order valence-corrected chi connectivity index (χ2v) is 5.58. The monoisotopic (exact) mass is 220 g/mol. The fraction of sp³-hybridized carbons (Fsp3) is 0.571. The molecule has 0 bridgehead atoms. The summed E-state index contributed by atoms with van der Waals surface area (Å²) in [5.41, 5.74) is 3.00. The van der Waals surface area contributed by atoms with Crippen molar-refractivity contribution < 1.29 is 0 Å². The molecule has 1 rings (SSSR count). The van der Waals surface area contributed by atoms with Crippen LogP contribution in [-0.4, -0.2) is 20.6 Å². The quantitative estimate of drug-likeness (QED) is 0.839. The van der Waals surface area contributed by atoms with Gasteiger partial charge in [0.15, 0.2) is 0 Å². The first kappa shape index (κ1) is 13.0. The van der Waals surface area contributed by atoms with Crippen LogP contribution in [0.2, 0.25) is 0 Å². The Morgan fingerprint density at radius 1 is 1.19 bits per heavy atom. The van der Waals surface area contributed by atoms with Crippen LogP contribution in [0.15, 0.2) is 24.3 Å². The minimum absolute atomic E-state index is 0.321. The maximum atomic E-state index is 3.22. The highest BCUT2D eigenvalue weighted by atomic mass is 15.1. The van der Waals surface area contributed by atoms with Crippen molar-refractivity contribution in [2.24, 2.45) is 5.41 Å². The molecule has 0 spiro atoms. The highest BCUT2D eigenvalue weighted by Crippen LogP contribution is 2.23. The van der Waals surface area contributed by atoms with E-state index in [1.165, 1.54) is 11.3 Å². The van der Waals surface area contributed by atoms with Crippen molar-refractivity contribution in [1.29, 1.82) is 0 Å². The van der Waals surface area contributed by atoms with E-state index < -0.39 is 0 Å². The third-order valence-electron chi connectivity index (χ3n) is 2.48. The summed E-state index contributed by atoms with van der Waals surface area (Å²) in [5, 5.41) is 3.22.